The van der Waals surface area contributed by atoms with Gasteiger partial charge in [-0.1, -0.05) is 55.5 Å². The number of thiazole rings is 1. The molecule has 0 aliphatic rings. The third-order valence-corrected chi connectivity index (χ3v) is 3.82. The Bertz CT molecular complexity index is 522. The van der Waals surface area contributed by atoms with Crippen LogP contribution in [0.2, 0.25) is 0 Å². The molecule has 0 saturated carbocycles. The number of anilines is 1. The summed E-state index contributed by atoms with van der Waals surface area (Å²) in [4.78, 5) is 17.0. The van der Waals surface area contributed by atoms with E-state index in [1.165, 1.54) is 11.3 Å². The predicted molar refractivity (Wildman–Crippen MR) is 75.6 cm³/mol. The van der Waals surface area contributed by atoms with Crippen molar-refractivity contribution in [2.75, 3.05) is 5.32 Å². The van der Waals surface area contributed by atoms with E-state index in [1.807, 2.05) is 44.2 Å². The third kappa shape index (κ3) is 2.96. The molecule has 1 aromatic heterocycles. The number of rotatable bonds is 4. The summed E-state index contributed by atoms with van der Waals surface area (Å²) in [5, 5.41) is 3.52. The molecule has 1 amide bonds. The van der Waals surface area contributed by atoms with Crippen molar-refractivity contribution in [1.29, 1.82) is 0 Å². The number of hydrogen-bond acceptors (Lipinski definition) is 3. The summed E-state index contributed by atoms with van der Waals surface area (Å²) in [5.74, 6) is 0.0561. The number of aromatic nitrogens is 1. The molecule has 3 nitrogen and oxygen atoms in total. The largest absolute Gasteiger partial charge is 0.302 e. The van der Waals surface area contributed by atoms with Crippen LogP contribution in [0.4, 0.5) is 5.13 Å². The fraction of sp³-hybridized carbons (Fsp3) is 0.286. The highest BCUT2D eigenvalue weighted by Crippen LogP contribution is 2.28. The molecule has 0 saturated heterocycles. The second kappa shape index (κ2) is 5.78. The SMILES string of the molecule is CC[C@H](C)C(=O)Nc1ncc(-c2ccccc2)s1. The number of amides is 1. The van der Waals surface area contributed by atoms with E-state index in [1.54, 1.807) is 6.20 Å². The summed E-state index contributed by atoms with van der Waals surface area (Å²) in [5.41, 5.74) is 1.12. The molecule has 0 spiro atoms. The predicted octanol–water partition coefficient (Wildman–Crippen LogP) is 3.79. The number of hydrogen-bond donors (Lipinski definition) is 1. The van der Waals surface area contributed by atoms with Crippen molar-refractivity contribution in [3.63, 3.8) is 0 Å². The van der Waals surface area contributed by atoms with Gasteiger partial charge in [-0.2, -0.15) is 0 Å². The van der Waals surface area contributed by atoms with Gasteiger partial charge in [0.1, 0.15) is 0 Å². The molecule has 4 heteroatoms. The first-order valence-corrected chi connectivity index (χ1v) is 6.84. The van der Waals surface area contributed by atoms with E-state index >= 15 is 0 Å². The minimum absolute atomic E-state index is 0.0223. The fourth-order valence-corrected chi connectivity index (χ4v) is 2.31. The van der Waals surface area contributed by atoms with Crippen LogP contribution in [-0.4, -0.2) is 10.9 Å². The molecule has 0 radical (unpaired) electrons. The van der Waals surface area contributed by atoms with E-state index in [4.69, 9.17) is 0 Å². The molecule has 1 N–H and O–H groups in total. The van der Waals surface area contributed by atoms with Gasteiger partial charge < -0.3 is 5.32 Å². The van der Waals surface area contributed by atoms with Crippen LogP contribution in [0.1, 0.15) is 20.3 Å². The molecule has 0 unspecified atom stereocenters. The summed E-state index contributed by atoms with van der Waals surface area (Å²) in [6, 6.07) is 10.0. The Kier molecular flexibility index (Phi) is 4.10. The zero-order valence-electron chi connectivity index (χ0n) is 10.5. The van der Waals surface area contributed by atoms with Gasteiger partial charge in [-0.05, 0) is 12.0 Å². The number of nitrogens with one attached hydrogen (secondary N) is 1. The Morgan fingerprint density at radius 3 is 2.78 bits per heavy atom. The van der Waals surface area contributed by atoms with Crippen LogP contribution in [-0.2, 0) is 4.79 Å². The van der Waals surface area contributed by atoms with Gasteiger partial charge >= 0.3 is 0 Å². The second-order valence-electron chi connectivity index (χ2n) is 4.19. The molecule has 0 aliphatic carbocycles. The van der Waals surface area contributed by atoms with Crippen LogP contribution in [0.5, 0.6) is 0 Å². The fourth-order valence-electron chi connectivity index (χ4n) is 1.48. The topological polar surface area (TPSA) is 42.0 Å². The van der Waals surface area contributed by atoms with Gasteiger partial charge in [0.05, 0.1) is 4.88 Å². The Labute approximate surface area is 111 Å². The molecule has 2 rings (SSSR count). The van der Waals surface area contributed by atoms with Gasteiger partial charge in [-0.25, -0.2) is 4.98 Å². The average Bonchev–Trinajstić information content (AvgIpc) is 2.87. The summed E-state index contributed by atoms with van der Waals surface area (Å²) in [7, 11) is 0. The van der Waals surface area contributed by atoms with Crippen LogP contribution in [0.15, 0.2) is 36.5 Å². The van der Waals surface area contributed by atoms with Gasteiger partial charge in [-0.3, -0.25) is 4.79 Å². The van der Waals surface area contributed by atoms with Gasteiger partial charge in [0.25, 0.3) is 0 Å². The van der Waals surface area contributed by atoms with Gasteiger partial charge in [0.15, 0.2) is 5.13 Å². The lowest BCUT2D eigenvalue weighted by molar-refractivity contribution is -0.119. The Morgan fingerprint density at radius 2 is 2.11 bits per heavy atom. The number of carbonyl (C=O) groups excluding carboxylic acids is 1. The maximum absolute atomic E-state index is 11.7. The first kappa shape index (κ1) is 12.8. The minimum Gasteiger partial charge on any atom is -0.302 e. The van der Waals surface area contributed by atoms with Crippen LogP contribution in [0.25, 0.3) is 10.4 Å². The summed E-state index contributed by atoms with van der Waals surface area (Å²) < 4.78 is 0. The van der Waals surface area contributed by atoms with E-state index in [-0.39, 0.29) is 11.8 Å². The Hall–Kier alpha value is -1.68. The molecule has 18 heavy (non-hydrogen) atoms. The first-order valence-electron chi connectivity index (χ1n) is 6.02. The van der Waals surface area contributed by atoms with Crippen molar-refractivity contribution in [1.82, 2.24) is 4.98 Å². The van der Waals surface area contributed by atoms with Gasteiger partial charge in [0.2, 0.25) is 5.91 Å². The van der Waals surface area contributed by atoms with Crippen molar-refractivity contribution >= 4 is 22.4 Å². The lowest BCUT2D eigenvalue weighted by Crippen LogP contribution is -2.19. The van der Waals surface area contributed by atoms with Crippen molar-refractivity contribution in [3.8, 4) is 10.4 Å². The summed E-state index contributed by atoms with van der Waals surface area (Å²) >= 11 is 1.50. The van der Waals surface area contributed by atoms with E-state index in [0.29, 0.717) is 5.13 Å². The molecular weight excluding hydrogens is 244 g/mol. The number of carbonyl (C=O) groups is 1. The lowest BCUT2D eigenvalue weighted by Gasteiger charge is -2.06. The molecular formula is C14H16N2OS. The monoisotopic (exact) mass is 260 g/mol. The minimum atomic E-state index is 0.0223. The van der Waals surface area contributed by atoms with Crippen molar-refractivity contribution in [2.24, 2.45) is 5.92 Å². The second-order valence-corrected chi connectivity index (χ2v) is 5.22. The third-order valence-electron chi connectivity index (χ3n) is 2.85. The summed E-state index contributed by atoms with van der Waals surface area (Å²) in [6.07, 6.45) is 2.63. The van der Waals surface area contributed by atoms with E-state index in [9.17, 15) is 4.79 Å². The van der Waals surface area contributed by atoms with Crippen LogP contribution in [0, 0.1) is 5.92 Å². The van der Waals surface area contributed by atoms with E-state index in [0.717, 1.165) is 16.9 Å². The highest BCUT2D eigenvalue weighted by Gasteiger charge is 2.12. The number of nitrogens with zero attached hydrogens (tertiary/aromatic N) is 1. The quantitative estimate of drug-likeness (QED) is 0.908. The Morgan fingerprint density at radius 1 is 1.39 bits per heavy atom. The standard InChI is InChI=1S/C14H16N2OS/c1-3-10(2)13(17)16-14-15-9-12(18-14)11-7-5-4-6-8-11/h4-10H,3H2,1-2H3,(H,15,16,17)/t10-/m0/s1. The highest BCUT2D eigenvalue weighted by atomic mass is 32.1. The first-order chi connectivity index (χ1) is 8.70. The van der Waals surface area contributed by atoms with Crippen molar-refractivity contribution in [3.05, 3.63) is 36.5 Å². The zero-order chi connectivity index (χ0) is 13.0. The molecule has 1 atom stereocenters. The summed E-state index contributed by atoms with van der Waals surface area (Å²) in [6.45, 7) is 3.92. The zero-order valence-corrected chi connectivity index (χ0v) is 11.3. The van der Waals surface area contributed by atoms with Gasteiger partial charge in [-0.15, -0.1) is 0 Å². The van der Waals surface area contributed by atoms with E-state index in [2.05, 4.69) is 10.3 Å². The van der Waals surface area contributed by atoms with Crippen molar-refractivity contribution < 1.29 is 4.79 Å². The maximum atomic E-state index is 11.7. The number of benzene rings is 1. The smallest absolute Gasteiger partial charge is 0.228 e. The Balaban J connectivity index is 2.10. The molecule has 1 heterocycles. The lowest BCUT2D eigenvalue weighted by atomic mass is 10.1. The molecule has 0 aliphatic heterocycles. The van der Waals surface area contributed by atoms with E-state index < -0.39 is 0 Å². The van der Waals surface area contributed by atoms with Gasteiger partial charge in [0, 0.05) is 12.1 Å². The van der Waals surface area contributed by atoms with Crippen LogP contribution < -0.4 is 5.32 Å². The van der Waals surface area contributed by atoms with Crippen LogP contribution >= 0.6 is 11.3 Å². The molecule has 2 aromatic rings. The highest BCUT2D eigenvalue weighted by molar-refractivity contribution is 7.19. The molecule has 0 bridgehead atoms. The molecule has 0 fully saturated rings. The molecule has 94 valence electrons. The van der Waals surface area contributed by atoms with Crippen LogP contribution in [0.3, 0.4) is 0 Å². The normalized spacial score (nSPS) is 12.1. The molecule has 1 aromatic carbocycles. The average molecular weight is 260 g/mol. The maximum Gasteiger partial charge on any atom is 0.228 e. The van der Waals surface area contributed by atoms with Crippen molar-refractivity contribution in [2.45, 2.75) is 20.3 Å².